The molecule has 4 rings (SSSR count). The highest BCUT2D eigenvalue weighted by Gasteiger charge is 2.23. The molecule has 35 heavy (non-hydrogen) atoms. The van der Waals surface area contributed by atoms with Crippen LogP contribution < -0.4 is 11.1 Å². The molecule has 0 saturated carbocycles. The van der Waals surface area contributed by atoms with Crippen molar-refractivity contribution in [1.29, 1.82) is 0 Å². The third-order valence-corrected chi connectivity index (χ3v) is 6.84. The summed E-state index contributed by atoms with van der Waals surface area (Å²) in [7, 11) is 0. The smallest absolute Gasteiger partial charge is 0.260 e. The summed E-state index contributed by atoms with van der Waals surface area (Å²) in [4.78, 5) is 26.6. The molecule has 3 aromatic rings. The number of nitrogens with one attached hydrogen (secondary N) is 1. The van der Waals surface area contributed by atoms with Gasteiger partial charge in [0.15, 0.2) is 0 Å². The predicted molar refractivity (Wildman–Crippen MR) is 134 cm³/mol. The first-order valence-electron chi connectivity index (χ1n) is 11.7. The van der Waals surface area contributed by atoms with Crippen molar-refractivity contribution in [2.45, 2.75) is 32.7 Å². The number of amides is 2. The van der Waals surface area contributed by atoms with Gasteiger partial charge in [-0.05, 0) is 74.7 Å². The molecular weight excluding hydrogens is 469 g/mol. The minimum atomic E-state index is -0.331. The van der Waals surface area contributed by atoms with Crippen LogP contribution >= 0.6 is 11.6 Å². The zero-order valence-corrected chi connectivity index (χ0v) is 20.4. The van der Waals surface area contributed by atoms with Gasteiger partial charge in [0, 0.05) is 18.2 Å². The molecule has 0 bridgehead atoms. The summed E-state index contributed by atoms with van der Waals surface area (Å²) in [5.41, 5.74) is 8.91. The molecule has 1 aromatic heterocycles. The lowest BCUT2D eigenvalue weighted by molar-refractivity contribution is -0.123. The summed E-state index contributed by atoms with van der Waals surface area (Å²) in [5.74, 6) is -0.837. The number of nitrogens with two attached hydrogens (primary N) is 1. The van der Waals surface area contributed by atoms with Crippen molar-refractivity contribution in [1.82, 2.24) is 14.7 Å². The second kappa shape index (κ2) is 11.0. The summed E-state index contributed by atoms with van der Waals surface area (Å²) >= 11 is 6.47. The van der Waals surface area contributed by atoms with E-state index in [1.54, 1.807) is 19.1 Å². The topological polar surface area (TPSA) is 93.2 Å². The summed E-state index contributed by atoms with van der Waals surface area (Å²) < 4.78 is 14.7. The standard InChI is InChI=1S/C26H29ClFN5O2/c1-17-23(24(27)33(31-17)16-19-2-6-21(28)7-3-19)26(35)30-22-8-4-18(5-9-22)10-13-32-14-11-20(12-15-32)25(29)34/h2-9,20H,10-16H2,1H3,(H2,29,34)(H,30,35). The number of rotatable bonds is 8. The Balaban J connectivity index is 1.32. The highest BCUT2D eigenvalue weighted by Crippen LogP contribution is 2.23. The van der Waals surface area contributed by atoms with Gasteiger partial charge in [-0.15, -0.1) is 0 Å². The van der Waals surface area contributed by atoms with Gasteiger partial charge in [-0.2, -0.15) is 5.10 Å². The van der Waals surface area contributed by atoms with Crippen LogP contribution in [-0.4, -0.2) is 46.1 Å². The molecule has 0 spiro atoms. The molecule has 1 aliphatic rings. The van der Waals surface area contributed by atoms with Crippen molar-refractivity contribution in [3.8, 4) is 0 Å². The molecule has 184 valence electrons. The van der Waals surface area contributed by atoms with Crippen molar-refractivity contribution in [2.75, 3.05) is 25.0 Å². The van der Waals surface area contributed by atoms with E-state index in [9.17, 15) is 14.0 Å². The number of hydrogen-bond acceptors (Lipinski definition) is 4. The normalized spacial score (nSPS) is 14.7. The first-order chi connectivity index (χ1) is 16.8. The zero-order valence-electron chi connectivity index (χ0n) is 19.6. The number of piperidine rings is 1. The molecule has 2 heterocycles. The van der Waals surface area contributed by atoms with E-state index in [1.165, 1.54) is 22.4 Å². The Morgan fingerprint density at radius 3 is 2.34 bits per heavy atom. The van der Waals surface area contributed by atoms with Gasteiger partial charge >= 0.3 is 0 Å². The molecule has 0 aliphatic carbocycles. The van der Waals surface area contributed by atoms with E-state index >= 15 is 0 Å². The highest BCUT2D eigenvalue weighted by molar-refractivity contribution is 6.33. The van der Waals surface area contributed by atoms with Crippen LogP contribution in [0, 0.1) is 18.7 Å². The van der Waals surface area contributed by atoms with Crippen LogP contribution in [0.4, 0.5) is 10.1 Å². The minimum Gasteiger partial charge on any atom is -0.369 e. The number of halogens is 2. The number of anilines is 1. The first kappa shape index (κ1) is 24.9. The summed E-state index contributed by atoms with van der Waals surface area (Å²) in [6.07, 6.45) is 2.53. The lowest BCUT2D eigenvalue weighted by Gasteiger charge is -2.30. The average molecular weight is 498 g/mol. The number of likely N-dealkylation sites (tertiary alicyclic amines) is 1. The lowest BCUT2D eigenvalue weighted by Crippen LogP contribution is -2.39. The van der Waals surface area contributed by atoms with Crippen LogP contribution in [0.25, 0.3) is 0 Å². The van der Waals surface area contributed by atoms with Crippen LogP contribution in [0.5, 0.6) is 0 Å². The van der Waals surface area contributed by atoms with Crippen LogP contribution in [0.1, 0.15) is 40.0 Å². The Bertz CT molecular complexity index is 1190. The molecule has 0 atom stereocenters. The van der Waals surface area contributed by atoms with E-state index in [4.69, 9.17) is 17.3 Å². The van der Waals surface area contributed by atoms with Gasteiger partial charge in [-0.25, -0.2) is 9.07 Å². The van der Waals surface area contributed by atoms with Crippen LogP contribution in [-0.2, 0) is 17.8 Å². The minimum absolute atomic E-state index is 0.00121. The third-order valence-electron chi connectivity index (χ3n) is 6.46. The van der Waals surface area contributed by atoms with Crippen LogP contribution in [0.2, 0.25) is 5.15 Å². The molecule has 9 heteroatoms. The third kappa shape index (κ3) is 6.26. The first-order valence-corrected chi connectivity index (χ1v) is 12.1. The van der Waals surface area contributed by atoms with E-state index in [1.807, 2.05) is 24.3 Å². The van der Waals surface area contributed by atoms with Gasteiger partial charge in [-0.1, -0.05) is 35.9 Å². The monoisotopic (exact) mass is 497 g/mol. The van der Waals surface area contributed by atoms with E-state index in [2.05, 4.69) is 15.3 Å². The van der Waals surface area contributed by atoms with Crippen molar-refractivity contribution in [2.24, 2.45) is 11.7 Å². The molecule has 1 fully saturated rings. The zero-order chi connectivity index (χ0) is 24.9. The van der Waals surface area contributed by atoms with Crippen LogP contribution in [0.3, 0.4) is 0 Å². The van der Waals surface area contributed by atoms with Gasteiger partial charge in [0.25, 0.3) is 5.91 Å². The lowest BCUT2D eigenvalue weighted by atomic mass is 9.96. The maximum absolute atomic E-state index is 13.2. The molecule has 2 amide bonds. The number of aryl methyl sites for hydroxylation is 1. The summed E-state index contributed by atoms with van der Waals surface area (Å²) in [6.45, 7) is 4.76. The van der Waals surface area contributed by atoms with E-state index in [-0.39, 0.29) is 28.7 Å². The molecule has 0 radical (unpaired) electrons. The Morgan fingerprint density at radius 2 is 1.71 bits per heavy atom. The summed E-state index contributed by atoms with van der Waals surface area (Å²) in [5, 5.41) is 7.52. The van der Waals surface area contributed by atoms with Gasteiger partial charge < -0.3 is 16.0 Å². The number of hydrogen-bond donors (Lipinski definition) is 2. The predicted octanol–water partition coefficient (Wildman–Crippen LogP) is 4.02. The van der Waals surface area contributed by atoms with Gasteiger partial charge in [0.1, 0.15) is 11.0 Å². The number of carbonyl (C=O) groups excluding carboxylic acids is 2. The molecular formula is C26H29ClFN5O2. The van der Waals surface area contributed by atoms with Gasteiger partial charge in [0.05, 0.1) is 17.8 Å². The maximum Gasteiger partial charge on any atom is 0.260 e. The molecule has 3 N–H and O–H groups in total. The Hall–Kier alpha value is -3.23. The van der Waals surface area contributed by atoms with Crippen molar-refractivity contribution >= 4 is 29.1 Å². The Kier molecular flexibility index (Phi) is 7.83. The summed E-state index contributed by atoms with van der Waals surface area (Å²) in [6, 6.07) is 13.8. The van der Waals surface area contributed by atoms with E-state index < -0.39 is 0 Å². The van der Waals surface area contributed by atoms with Gasteiger partial charge in [-0.3, -0.25) is 9.59 Å². The molecule has 1 aliphatic heterocycles. The largest absolute Gasteiger partial charge is 0.369 e. The fraction of sp³-hybridized carbons (Fsp3) is 0.346. The van der Waals surface area contributed by atoms with Crippen molar-refractivity contribution in [3.63, 3.8) is 0 Å². The van der Waals surface area contributed by atoms with E-state index in [0.717, 1.165) is 44.5 Å². The second-order valence-corrected chi connectivity index (χ2v) is 9.31. The average Bonchev–Trinajstić information content (AvgIpc) is 3.12. The Morgan fingerprint density at radius 1 is 1.09 bits per heavy atom. The number of aromatic nitrogens is 2. The van der Waals surface area contributed by atoms with Gasteiger partial charge in [0.2, 0.25) is 5.91 Å². The molecule has 2 aromatic carbocycles. The van der Waals surface area contributed by atoms with Crippen molar-refractivity contribution in [3.05, 3.63) is 81.9 Å². The maximum atomic E-state index is 13.2. The SMILES string of the molecule is Cc1nn(Cc2ccc(F)cc2)c(Cl)c1C(=O)Nc1ccc(CCN2CCC(C(N)=O)CC2)cc1. The highest BCUT2D eigenvalue weighted by atomic mass is 35.5. The number of benzene rings is 2. The molecule has 0 unspecified atom stereocenters. The van der Waals surface area contributed by atoms with Crippen molar-refractivity contribution < 1.29 is 14.0 Å². The van der Waals surface area contributed by atoms with Crippen LogP contribution in [0.15, 0.2) is 48.5 Å². The fourth-order valence-corrected chi connectivity index (χ4v) is 4.68. The quantitative estimate of drug-likeness (QED) is 0.491. The van der Waals surface area contributed by atoms with E-state index in [0.29, 0.717) is 23.5 Å². The fourth-order valence-electron chi connectivity index (χ4n) is 4.36. The Labute approximate surface area is 209 Å². The number of nitrogens with zero attached hydrogens (tertiary/aromatic N) is 3. The number of primary amides is 1. The molecule has 7 nitrogen and oxygen atoms in total. The number of carbonyl (C=O) groups is 2. The second-order valence-electron chi connectivity index (χ2n) is 8.95. The molecule has 1 saturated heterocycles.